The highest BCUT2D eigenvalue weighted by atomic mass is 16.2. The van der Waals surface area contributed by atoms with Gasteiger partial charge < -0.3 is 11.1 Å². The lowest BCUT2D eigenvalue weighted by molar-refractivity contribution is -0.123. The smallest absolute Gasteiger partial charge is 0.224 e. The van der Waals surface area contributed by atoms with Gasteiger partial charge in [0.05, 0.1) is 5.92 Å². The zero-order valence-electron chi connectivity index (χ0n) is 14.6. The summed E-state index contributed by atoms with van der Waals surface area (Å²) >= 11 is 0. The summed E-state index contributed by atoms with van der Waals surface area (Å²) in [4.78, 5) is 26.1. The quantitative estimate of drug-likeness (QED) is 0.781. The van der Waals surface area contributed by atoms with Gasteiger partial charge in [-0.2, -0.15) is 0 Å². The van der Waals surface area contributed by atoms with Crippen molar-refractivity contribution in [2.75, 3.05) is 18.4 Å². The number of anilines is 1. The lowest BCUT2D eigenvalue weighted by Crippen LogP contribution is -2.40. The number of nitrogens with two attached hydrogens (primary N) is 1. The van der Waals surface area contributed by atoms with Gasteiger partial charge in [0, 0.05) is 25.2 Å². The number of nitrogens with zero attached hydrogens (tertiary/aromatic N) is 1. The summed E-state index contributed by atoms with van der Waals surface area (Å²) in [5.74, 6) is 0.156. The van der Waals surface area contributed by atoms with Crippen LogP contribution >= 0.6 is 0 Å². The van der Waals surface area contributed by atoms with Crippen LogP contribution in [0.4, 0.5) is 5.69 Å². The van der Waals surface area contributed by atoms with Crippen molar-refractivity contribution in [3.8, 4) is 0 Å². The second-order valence-corrected chi connectivity index (χ2v) is 7.15. The number of likely N-dealkylation sites (tertiary alicyclic amines) is 1. The Morgan fingerprint density at radius 2 is 2.08 bits per heavy atom. The van der Waals surface area contributed by atoms with Crippen LogP contribution in [0.25, 0.3) is 0 Å². The summed E-state index contributed by atoms with van der Waals surface area (Å²) in [7, 11) is 0. The highest BCUT2D eigenvalue weighted by Crippen LogP contribution is 2.24. The number of allylic oxidation sites excluding steroid dienone is 2. The van der Waals surface area contributed by atoms with Gasteiger partial charge in [0.2, 0.25) is 11.8 Å². The molecule has 0 unspecified atom stereocenters. The third-order valence-corrected chi connectivity index (χ3v) is 5.15. The summed E-state index contributed by atoms with van der Waals surface area (Å²) in [5.41, 5.74) is 7.43. The van der Waals surface area contributed by atoms with Crippen molar-refractivity contribution >= 4 is 17.5 Å². The van der Waals surface area contributed by atoms with Crippen LogP contribution in [-0.2, 0) is 16.1 Å². The van der Waals surface area contributed by atoms with E-state index >= 15 is 0 Å². The number of piperidine rings is 1. The van der Waals surface area contributed by atoms with E-state index in [2.05, 4.69) is 22.4 Å². The lowest BCUT2D eigenvalue weighted by atomic mass is 9.97. The monoisotopic (exact) mass is 341 g/mol. The van der Waals surface area contributed by atoms with Crippen LogP contribution in [0.5, 0.6) is 0 Å². The Bertz CT molecular complexity index is 656. The standard InChI is InChI=1S/C20H27N3O2/c21-20(25)17-9-5-11-23(14-17)13-16-8-3-4-10-18(16)22-19(24)12-15-6-1-2-7-15/h1,3-4,6,8,10,15,17H,2,5,7,9,11-14H2,(H2,21,25)(H,22,24)/t15-,17+/m0/s1. The highest BCUT2D eigenvalue weighted by molar-refractivity contribution is 5.91. The molecule has 134 valence electrons. The Balaban J connectivity index is 1.61. The summed E-state index contributed by atoms with van der Waals surface area (Å²) in [6.07, 6.45) is 8.83. The number of nitrogens with one attached hydrogen (secondary N) is 1. The first kappa shape index (κ1) is 17.7. The number of hydrogen-bond donors (Lipinski definition) is 2. The van der Waals surface area contributed by atoms with E-state index in [9.17, 15) is 9.59 Å². The first-order chi connectivity index (χ1) is 12.1. The van der Waals surface area contributed by atoms with E-state index in [1.54, 1.807) is 0 Å². The van der Waals surface area contributed by atoms with Crippen molar-refractivity contribution in [1.82, 2.24) is 4.90 Å². The first-order valence-electron chi connectivity index (χ1n) is 9.18. The van der Waals surface area contributed by atoms with Gasteiger partial charge in [-0.1, -0.05) is 30.4 Å². The normalized spacial score (nSPS) is 23.5. The summed E-state index contributed by atoms with van der Waals surface area (Å²) in [5, 5.41) is 3.07. The average molecular weight is 341 g/mol. The second kappa shape index (κ2) is 8.30. The van der Waals surface area contributed by atoms with Gasteiger partial charge in [-0.05, 0) is 49.8 Å². The van der Waals surface area contributed by atoms with E-state index in [0.29, 0.717) is 18.9 Å². The number of amides is 2. The SMILES string of the molecule is NC(=O)[C@@H]1CCCN(Cc2ccccc2NC(=O)C[C@H]2C=CCC2)C1. The molecule has 1 fully saturated rings. The van der Waals surface area contributed by atoms with Crippen LogP contribution in [0.15, 0.2) is 36.4 Å². The number of carbonyl (C=O) groups is 2. The molecule has 2 aliphatic rings. The van der Waals surface area contributed by atoms with Crippen LogP contribution in [0.2, 0.25) is 0 Å². The fraction of sp³-hybridized carbons (Fsp3) is 0.500. The molecule has 2 atom stereocenters. The van der Waals surface area contributed by atoms with Gasteiger partial charge >= 0.3 is 0 Å². The highest BCUT2D eigenvalue weighted by Gasteiger charge is 2.24. The fourth-order valence-corrected chi connectivity index (χ4v) is 3.76. The summed E-state index contributed by atoms with van der Waals surface area (Å²) < 4.78 is 0. The van der Waals surface area contributed by atoms with E-state index in [0.717, 1.165) is 50.0 Å². The molecule has 0 aromatic heterocycles. The average Bonchev–Trinajstić information content (AvgIpc) is 3.10. The third-order valence-electron chi connectivity index (χ3n) is 5.15. The van der Waals surface area contributed by atoms with Crippen molar-refractivity contribution in [3.63, 3.8) is 0 Å². The number of para-hydroxylation sites is 1. The number of hydrogen-bond acceptors (Lipinski definition) is 3. The van der Waals surface area contributed by atoms with E-state index in [-0.39, 0.29) is 17.7 Å². The van der Waals surface area contributed by atoms with E-state index < -0.39 is 0 Å². The molecular weight excluding hydrogens is 314 g/mol. The van der Waals surface area contributed by atoms with Crippen molar-refractivity contribution in [3.05, 3.63) is 42.0 Å². The molecule has 1 heterocycles. The van der Waals surface area contributed by atoms with Crippen LogP contribution < -0.4 is 11.1 Å². The van der Waals surface area contributed by atoms with Crippen LogP contribution in [0.3, 0.4) is 0 Å². The number of carbonyl (C=O) groups excluding carboxylic acids is 2. The van der Waals surface area contributed by atoms with Gasteiger partial charge in [-0.15, -0.1) is 0 Å². The van der Waals surface area contributed by atoms with Crippen LogP contribution in [-0.4, -0.2) is 29.8 Å². The van der Waals surface area contributed by atoms with Crippen molar-refractivity contribution in [1.29, 1.82) is 0 Å². The van der Waals surface area contributed by atoms with Crippen molar-refractivity contribution in [2.45, 2.75) is 38.6 Å². The molecule has 0 spiro atoms. The topological polar surface area (TPSA) is 75.4 Å². The summed E-state index contributed by atoms with van der Waals surface area (Å²) in [6, 6.07) is 7.92. The zero-order valence-corrected chi connectivity index (χ0v) is 14.6. The molecule has 1 aromatic carbocycles. The predicted octanol–water partition coefficient (Wildman–Crippen LogP) is 2.68. The molecule has 1 aliphatic carbocycles. The van der Waals surface area contributed by atoms with E-state index in [1.807, 2.05) is 24.3 Å². The molecule has 2 amide bonds. The third kappa shape index (κ3) is 4.92. The van der Waals surface area contributed by atoms with Gasteiger partial charge in [0.25, 0.3) is 0 Å². The maximum atomic E-state index is 12.3. The minimum absolute atomic E-state index is 0.0651. The molecule has 5 heteroatoms. The van der Waals surface area contributed by atoms with E-state index in [1.165, 1.54) is 0 Å². The predicted molar refractivity (Wildman–Crippen MR) is 98.7 cm³/mol. The van der Waals surface area contributed by atoms with Gasteiger partial charge in [0.1, 0.15) is 0 Å². The van der Waals surface area contributed by atoms with Crippen molar-refractivity contribution in [2.24, 2.45) is 17.6 Å². The van der Waals surface area contributed by atoms with Gasteiger partial charge in [0.15, 0.2) is 0 Å². The number of primary amides is 1. The molecule has 1 aliphatic heterocycles. The molecule has 25 heavy (non-hydrogen) atoms. The molecule has 3 rings (SSSR count). The Hall–Kier alpha value is -2.14. The molecule has 0 bridgehead atoms. The molecule has 3 N–H and O–H groups in total. The molecule has 1 aromatic rings. The number of rotatable bonds is 6. The van der Waals surface area contributed by atoms with Crippen LogP contribution in [0, 0.1) is 11.8 Å². The first-order valence-corrected chi connectivity index (χ1v) is 9.18. The Morgan fingerprint density at radius 1 is 1.24 bits per heavy atom. The largest absolute Gasteiger partial charge is 0.369 e. The molecule has 0 radical (unpaired) electrons. The zero-order chi connectivity index (χ0) is 17.6. The summed E-state index contributed by atoms with van der Waals surface area (Å²) in [6.45, 7) is 2.38. The Morgan fingerprint density at radius 3 is 2.84 bits per heavy atom. The second-order valence-electron chi connectivity index (χ2n) is 7.15. The molecule has 1 saturated heterocycles. The minimum Gasteiger partial charge on any atom is -0.369 e. The van der Waals surface area contributed by atoms with Gasteiger partial charge in [-0.3, -0.25) is 14.5 Å². The van der Waals surface area contributed by atoms with Gasteiger partial charge in [-0.25, -0.2) is 0 Å². The minimum atomic E-state index is -0.212. The number of benzene rings is 1. The Labute approximate surface area is 149 Å². The Kier molecular flexibility index (Phi) is 5.87. The molecular formula is C20H27N3O2. The van der Waals surface area contributed by atoms with Crippen molar-refractivity contribution < 1.29 is 9.59 Å². The maximum absolute atomic E-state index is 12.3. The maximum Gasteiger partial charge on any atom is 0.224 e. The fourth-order valence-electron chi connectivity index (χ4n) is 3.76. The molecule has 0 saturated carbocycles. The molecule has 5 nitrogen and oxygen atoms in total. The van der Waals surface area contributed by atoms with E-state index in [4.69, 9.17) is 5.73 Å². The van der Waals surface area contributed by atoms with Crippen LogP contribution in [0.1, 0.15) is 37.7 Å². The lowest BCUT2D eigenvalue weighted by Gasteiger charge is -2.31.